The molecule has 29 heavy (non-hydrogen) atoms. The van der Waals surface area contributed by atoms with Crippen LogP contribution < -0.4 is 10.6 Å². The molecule has 2 aromatic rings. The van der Waals surface area contributed by atoms with E-state index in [1.165, 1.54) is 11.1 Å². The third-order valence-corrected chi connectivity index (χ3v) is 5.86. The smallest absolute Gasteiger partial charge is 0.321 e. The third-order valence-electron chi connectivity index (χ3n) is 5.86. The Hall–Kier alpha value is -2.82. The summed E-state index contributed by atoms with van der Waals surface area (Å²) in [5, 5.41) is 6.03. The second-order valence-corrected chi connectivity index (χ2v) is 8.48. The molecule has 2 aromatic carbocycles. The Balaban J connectivity index is 1.60. The molecule has 0 spiro atoms. The van der Waals surface area contributed by atoms with Gasteiger partial charge in [-0.1, -0.05) is 35.9 Å². The van der Waals surface area contributed by atoms with E-state index in [1.807, 2.05) is 70.2 Å². The predicted octanol–water partition coefficient (Wildman–Crippen LogP) is 4.56. The molecule has 3 rings (SSSR count). The van der Waals surface area contributed by atoms with E-state index in [1.54, 1.807) is 4.90 Å². The van der Waals surface area contributed by atoms with Crippen LogP contribution in [0.4, 0.5) is 10.5 Å². The summed E-state index contributed by atoms with van der Waals surface area (Å²) >= 11 is 0. The van der Waals surface area contributed by atoms with E-state index in [2.05, 4.69) is 10.6 Å². The quantitative estimate of drug-likeness (QED) is 0.800. The molecular weight excluding hydrogens is 362 g/mol. The summed E-state index contributed by atoms with van der Waals surface area (Å²) in [6.45, 7) is 9.66. The van der Waals surface area contributed by atoms with Gasteiger partial charge in [0.25, 0.3) is 0 Å². The van der Waals surface area contributed by atoms with Crippen molar-refractivity contribution >= 4 is 17.6 Å². The van der Waals surface area contributed by atoms with Gasteiger partial charge in [-0.25, -0.2) is 4.79 Å². The van der Waals surface area contributed by atoms with Gasteiger partial charge in [-0.3, -0.25) is 4.79 Å². The first kappa shape index (κ1) is 20.9. The summed E-state index contributed by atoms with van der Waals surface area (Å²) in [6.07, 6.45) is 1.59. The van der Waals surface area contributed by atoms with E-state index in [0.29, 0.717) is 19.6 Å². The second-order valence-electron chi connectivity index (χ2n) is 8.48. The Morgan fingerprint density at radius 2 is 1.76 bits per heavy atom. The van der Waals surface area contributed by atoms with E-state index >= 15 is 0 Å². The molecule has 1 aliphatic heterocycles. The number of piperidine rings is 1. The molecule has 1 heterocycles. The number of anilines is 1. The van der Waals surface area contributed by atoms with E-state index in [9.17, 15) is 9.59 Å². The van der Waals surface area contributed by atoms with Gasteiger partial charge in [0.15, 0.2) is 0 Å². The summed E-state index contributed by atoms with van der Waals surface area (Å²) in [5.74, 6) is 0.00163. The summed E-state index contributed by atoms with van der Waals surface area (Å²) < 4.78 is 0. The fraction of sp³-hybridized carbons (Fsp3) is 0.417. The summed E-state index contributed by atoms with van der Waals surface area (Å²) in [5.41, 5.74) is 4.82. The lowest BCUT2D eigenvalue weighted by Crippen LogP contribution is -2.52. The summed E-state index contributed by atoms with van der Waals surface area (Å²) in [6, 6.07) is 13.9. The number of urea groups is 1. The zero-order valence-corrected chi connectivity index (χ0v) is 17.8. The molecule has 0 saturated carbocycles. The van der Waals surface area contributed by atoms with Crippen molar-refractivity contribution in [2.45, 2.75) is 47.1 Å². The average Bonchev–Trinajstić information content (AvgIpc) is 2.70. The Labute approximate surface area is 173 Å². The van der Waals surface area contributed by atoms with E-state index in [-0.39, 0.29) is 11.9 Å². The van der Waals surface area contributed by atoms with Crippen LogP contribution in [0.3, 0.4) is 0 Å². The number of aryl methyl sites for hydroxylation is 3. The zero-order valence-electron chi connectivity index (χ0n) is 17.8. The summed E-state index contributed by atoms with van der Waals surface area (Å²) in [7, 11) is 0. The van der Waals surface area contributed by atoms with Gasteiger partial charge in [-0.15, -0.1) is 0 Å². The molecule has 3 amide bonds. The molecule has 0 aromatic heterocycles. The molecule has 0 bridgehead atoms. The van der Waals surface area contributed by atoms with Crippen molar-refractivity contribution in [3.8, 4) is 0 Å². The number of nitrogens with one attached hydrogen (secondary N) is 2. The van der Waals surface area contributed by atoms with Gasteiger partial charge in [0.05, 0.1) is 5.41 Å². The van der Waals surface area contributed by atoms with E-state index in [0.717, 1.165) is 29.7 Å². The van der Waals surface area contributed by atoms with Crippen molar-refractivity contribution in [2.24, 2.45) is 5.41 Å². The molecule has 0 radical (unpaired) electrons. The van der Waals surface area contributed by atoms with Crippen LogP contribution in [0.25, 0.3) is 0 Å². The van der Waals surface area contributed by atoms with E-state index in [4.69, 9.17) is 0 Å². The fourth-order valence-electron chi connectivity index (χ4n) is 3.72. The number of benzene rings is 2. The highest BCUT2D eigenvalue weighted by Crippen LogP contribution is 2.30. The molecule has 5 nitrogen and oxygen atoms in total. The first-order valence-corrected chi connectivity index (χ1v) is 10.2. The molecule has 0 aliphatic carbocycles. The molecule has 1 atom stereocenters. The normalized spacial score (nSPS) is 19.0. The highest BCUT2D eigenvalue weighted by molar-refractivity contribution is 5.90. The van der Waals surface area contributed by atoms with E-state index < -0.39 is 5.41 Å². The minimum atomic E-state index is -0.580. The minimum Gasteiger partial charge on any atom is -0.351 e. The van der Waals surface area contributed by atoms with Gasteiger partial charge in [-0.05, 0) is 69.4 Å². The lowest BCUT2D eigenvalue weighted by Gasteiger charge is -2.39. The van der Waals surface area contributed by atoms with Crippen LogP contribution in [0.2, 0.25) is 0 Å². The molecule has 5 heteroatoms. The Kier molecular flexibility index (Phi) is 6.26. The minimum absolute atomic E-state index is 0.00163. The van der Waals surface area contributed by atoms with Crippen LogP contribution in [0, 0.1) is 26.2 Å². The standard InChI is InChI=1S/C24H31N3O2/c1-17-6-9-20(10-7-17)15-25-22(28)24(4)12-5-13-27(16-24)23(29)26-21-11-8-18(2)19(3)14-21/h6-11,14H,5,12-13,15-16H2,1-4H3,(H,25,28)(H,26,29)/t24-/m0/s1. The maximum Gasteiger partial charge on any atom is 0.321 e. The first-order chi connectivity index (χ1) is 13.8. The maximum absolute atomic E-state index is 12.9. The largest absolute Gasteiger partial charge is 0.351 e. The SMILES string of the molecule is Cc1ccc(CNC(=O)[C@@]2(C)CCCN(C(=O)Nc3ccc(C)c(C)c3)C2)cc1. The van der Waals surface area contributed by atoms with Gasteiger partial charge in [0, 0.05) is 25.3 Å². The Morgan fingerprint density at radius 3 is 2.45 bits per heavy atom. The lowest BCUT2D eigenvalue weighted by atomic mass is 9.81. The van der Waals surface area contributed by atoms with Crippen LogP contribution in [0.5, 0.6) is 0 Å². The molecule has 1 fully saturated rings. The number of amides is 3. The average molecular weight is 394 g/mol. The van der Waals surface area contributed by atoms with Crippen molar-refractivity contribution in [3.63, 3.8) is 0 Å². The van der Waals surface area contributed by atoms with Crippen molar-refractivity contribution in [2.75, 3.05) is 18.4 Å². The van der Waals surface area contributed by atoms with Crippen LogP contribution in [0.15, 0.2) is 42.5 Å². The Morgan fingerprint density at radius 1 is 1.03 bits per heavy atom. The number of nitrogens with zero attached hydrogens (tertiary/aromatic N) is 1. The Bertz CT molecular complexity index is 891. The number of carbonyl (C=O) groups excluding carboxylic acids is 2. The first-order valence-electron chi connectivity index (χ1n) is 10.2. The monoisotopic (exact) mass is 393 g/mol. The van der Waals surface area contributed by atoms with Gasteiger partial charge < -0.3 is 15.5 Å². The topological polar surface area (TPSA) is 61.4 Å². The van der Waals surface area contributed by atoms with Crippen LogP contribution >= 0.6 is 0 Å². The van der Waals surface area contributed by atoms with Crippen molar-refractivity contribution in [3.05, 3.63) is 64.7 Å². The fourth-order valence-corrected chi connectivity index (χ4v) is 3.72. The van der Waals surface area contributed by atoms with Crippen LogP contribution in [-0.4, -0.2) is 29.9 Å². The lowest BCUT2D eigenvalue weighted by molar-refractivity contribution is -0.132. The second kappa shape index (κ2) is 8.68. The molecule has 154 valence electrons. The molecule has 2 N–H and O–H groups in total. The number of carbonyl (C=O) groups is 2. The van der Waals surface area contributed by atoms with Gasteiger partial charge in [-0.2, -0.15) is 0 Å². The van der Waals surface area contributed by atoms with Crippen LogP contribution in [-0.2, 0) is 11.3 Å². The number of hydrogen-bond acceptors (Lipinski definition) is 2. The molecule has 0 unspecified atom stereocenters. The number of rotatable bonds is 4. The van der Waals surface area contributed by atoms with Crippen molar-refractivity contribution in [1.29, 1.82) is 0 Å². The van der Waals surface area contributed by atoms with Gasteiger partial charge >= 0.3 is 6.03 Å². The molecule has 1 saturated heterocycles. The third kappa shape index (κ3) is 5.17. The molecular formula is C24H31N3O2. The summed E-state index contributed by atoms with van der Waals surface area (Å²) in [4.78, 5) is 27.4. The highest BCUT2D eigenvalue weighted by Gasteiger charge is 2.39. The zero-order chi connectivity index (χ0) is 21.0. The maximum atomic E-state index is 12.9. The molecule has 1 aliphatic rings. The number of hydrogen-bond donors (Lipinski definition) is 2. The van der Waals surface area contributed by atoms with Crippen molar-refractivity contribution in [1.82, 2.24) is 10.2 Å². The van der Waals surface area contributed by atoms with Gasteiger partial charge in [0.1, 0.15) is 0 Å². The van der Waals surface area contributed by atoms with Crippen molar-refractivity contribution < 1.29 is 9.59 Å². The number of likely N-dealkylation sites (tertiary alicyclic amines) is 1. The van der Waals surface area contributed by atoms with Crippen LogP contribution in [0.1, 0.15) is 42.0 Å². The van der Waals surface area contributed by atoms with Gasteiger partial charge in [0.2, 0.25) is 5.91 Å². The highest BCUT2D eigenvalue weighted by atomic mass is 16.2. The predicted molar refractivity (Wildman–Crippen MR) is 117 cm³/mol.